The molecule has 2 aromatic heterocycles. The monoisotopic (exact) mass is 363 g/mol. The van der Waals surface area contributed by atoms with Crippen molar-refractivity contribution in [3.05, 3.63) is 59.2 Å². The lowest BCUT2D eigenvalue weighted by Gasteiger charge is -1.98. The van der Waals surface area contributed by atoms with Gasteiger partial charge in [0, 0.05) is 11.6 Å². The highest BCUT2D eigenvalue weighted by Crippen LogP contribution is 2.27. The number of nitrogens with zero attached hydrogens (tertiary/aromatic N) is 4. The van der Waals surface area contributed by atoms with Crippen LogP contribution in [-0.2, 0) is 6.54 Å². The molecule has 8 heteroatoms. The topological polar surface area (TPSA) is 125 Å². The van der Waals surface area contributed by atoms with Crippen molar-refractivity contribution in [3.8, 4) is 23.5 Å². The van der Waals surface area contributed by atoms with Crippen LogP contribution in [0.1, 0.15) is 17.0 Å². The Bertz CT molecular complexity index is 1080. The maximum atomic E-state index is 13.0. The lowest BCUT2D eigenvalue weighted by atomic mass is 10.1. The summed E-state index contributed by atoms with van der Waals surface area (Å²) in [6, 6.07) is 13.1. The van der Waals surface area contributed by atoms with Crippen LogP contribution in [-0.4, -0.2) is 21.5 Å². The van der Waals surface area contributed by atoms with Gasteiger partial charge in [0.1, 0.15) is 46.6 Å². The van der Waals surface area contributed by atoms with Crippen LogP contribution in [0, 0.1) is 28.5 Å². The molecule has 134 valence electrons. The molecule has 0 aliphatic carbocycles. The predicted octanol–water partition coefficient (Wildman–Crippen LogP) is 2.79. The third-order valence-electron chi connectivity index (χ3n) is 3.83. The van der Waals surface area contributed by atoms with E-state index in [1.807, 2.05) is 12.1 Å². The van der Waals surface area contributed by atoms with E-state index in [0.717, 1.165) is 0 Å². The summed E-state index contributed by atoms with van der Waals surface area (Å²) in [5, 5.41) is 32.0. The number of nitrogens with two attached hydrogens (primary N) is 1. The van der Waals surface area contributed by atoms with Gasteiger partial charge in [-0.2, -0.15) is 15.6 Å². The van der Waals surface area contributed by atoms with Crippen LogP contribution in [0.25, 0.3) is 23.0 Å². The Morgan fingerprint density at radius 3 is 2.63 bits per heavy atom. The number of nitrogen functional groups attached to an aromatic ring is 1. The third-order valence-corrected chi connectivity index (χ3v) is 3.83. The number of aliphatic hydroxyl groups is 1. The van der Waals surface area contributed by atoms with Crippen molar-refractivity contribution in [3.63, 3.8) is 0 Å². The average Bonchev–Trinajstić information content (AvgIpc) is 3.25. The summed E-state index contributed by atoms with van der Waals surface area (Å²) in [6.45, 7) is -0.101. The minimum Gasteiger partial charge on any atom is -0.457 e. The fourth-order valence-corrected chi connectivity index (χ4v) is 2.53. The van der Waals surface area contributed by atoms with Crippen molar-refractivity contribution < 1.29 is 13.9 Å². The predicted molar refractivity (Wildman–Crippen MR) is 96.0 cm³/mol. The third kappa shape index (κ3) is 3.56. The molecule has 0 saturated carbocycles. The number of benzene rings is 1. The Labute approximate surface area is 154 Å². The summed E-state index contributed by atoms with van der Waals surface area (Å²) in [5.41, 5.74) is 6.81. The zero-order valence-electron chi connectivity index (χ0n) is 14.1. The van der Waals surface area contributed by atoms with Gasteiger partial charge in [-0.05, 0) is 36.4 Å². The highest BCUT2D eigenvalue weighted by atomic mass is 19.1. The molecule has 0 atom stereocenters. The van der Waals surface area contributed by atoms with Gasteiger partial charge in [-0.15, -0.1) is 0 Å². The standard InChI is InChI=1S/C19H14FN5O2/c20-14-3-1-12(2-4-14)17-6-5-15(27-17)9-13(10-21)18-16(11-22)19(23)25(24-18)7-8-26/h1-6,9,26H,7-8,23H2/b13-9+. The molecular weight excluding hydrogens is 349 g/mol. The molecule has 7 nitrogen and oxygen atoms in total. The van der Waals surface area contributed by atoms with Gasteiger partial charge >= 0.3 is 0 Å². The molecule has 0 aliphatic heterocycles. The first kappa shape index (κ1) is 17.9. The highest BCUT2D eigenvalue weighted by molar-refractivity contribution is 5.90. The van der Waals surface area contributed by atoms with Crippen LogP contribution in [0.5, 0.6) is 0 Å². The number of hydrogen-bond donors (Lipinski definition) is 2. The van der Waals surface area contributed by atoms with E-state index in [1.54, 1.807) is 24.3 Å². The van der Waals surface area contributed by atoms with Crippen molar-refractivity contribution in [1.29, 1.82) is 10.5 Å². The van der Waals surface area contributed by atoms with Crippen LogP contribution in [0.15, 0.2) is 40.8 Å². The SMILES string of the molecule is N#C/C(=C\c1ccc(-c2ccc(F)cc2)o1)c1nn(CCO)c(N)c1C#N. The maximum absolute atomic E-state index is 13.0. The van der Waals surface area contributed by atoms with Crippen LogP contribution in [0.4, 0.5) is 10.2 Å². The van der Waals surface area contributed by atoms with Crippen molar-refractivity contribution in [2.24, 2.45) is 0 Å². The van der Waals surface area contributed by atoms with E-state index in [0.29, 0.717) is 17.1 Å². The second-order valence-electron chi connectivity index (χ2n) is 5.55. The molecule has 0 spiro atoms. The van der Waals surface area contributed by atoms with Crippen molar-refractivity contribution >= 4 is 17.5 Å². The van der Waals surface area contributed by atoms with Gasteiger partial charge in [-0.25, -0.2) is 9.07 Å². The van der Waals surface area contributed by atoms with Gasteiger partial charge < -0.3 is 15.3 Å². The average molecular weight is 363 g/mol. The molecule has 3 N–H and O–H groups in total. The summed E-state index contributed by atoms with van der Waals surface area (Å²) in [5.74, 6) is 0.598. The second kappa shape index (κ2) is 7.56. The first-order valence-electron chi connectivity index (χ1n) is 7.92. The molecule has 0 radical (unpaired) electrons. The fraction of sp³-hybridized carbons (Fsp3) is 0.105. The molecule has 27 heavy (non-hydrogen) atoms. The van der Waals surface area contributed by atoms with E-state index in [4.69, 9.17) is 15.3 Å². The lowest BCUT2D eigenvalue weighted by molar-refractivity contribution is 0.270. The van der Waals surface area contributed by atoms with Crippen LogP contribution in [0.3, 0.4) is 0 Å². The quantitative estimate of drug-likeness (QED) is 0.672. The Hall–Kier alpha value is -3.88. The summed E-state index contributed by atoms with van der Waals surface area (Å²) < 4.78 is 20.0. The molecule has 0 bridgehead atoms. The minimum atomic E-state index is -0.350. The van der Waals surface area contributed by atoms with E-state index in [9.17, 15) is 14.9 Å². The molecule has 0 amide bonds. The number of allylic oxidation sites excluding steroid dienone is 1. The highest BCUT2D eigenvalue weighted by Gasteiger charge is 2.19. The zero-order chi connectivity index (χ0) is 19.4. The molecule has 3 rings (SSSR count). The van der Waals surface area contributed by atoms with Crippen LogP contribution in [0.2, 0.25) is 0 Å². The number of aliphatic hydroxyl groups excluding tert-OH is 1. The fourth-order valence-electron chi connectivity index (χ4n) is 2.53. The number of aromatic nitrogens is 2. The van der Waals surface area contributed by atoms with Gasteiger partial charge in [0.2, 0.25) is 0 Å². The molecule has 2 heterocycles. The summed E-state index contributed by atoms with van der Waals surface area (Å²) in [4.78, 5) is 0. The lowest BCUT2D eigenvalue weighted by Crippen LogP contribution is -2.07. The summed E-state index contributed by atoms with van der Waals surface area (Å²) in [7, 11) is 0. The Morgan fingerprint density at radius 2 is 2.00 bits per heavy atom. The molecule has 0 aliphatic rings. The van der Waals surface area contributed by atoms with Crippen LogP contribution < -0.4 is 5.73 Å². The van der Waals surface area contributed by atoms with E-state index >= 15 is 0 Å². The first-order chi connectivity index (χ1) is 13.1. The zero-order valence-corrected chi connectivity index (χ0v) is 14.1. The van der Waals surface area contributed by atoms with Gasteiger partial charge in [0.05, 0.1) is 18.7 Å². The van der Waals surface area contributed by atoms with Crippen molar-refractivity contribution in [1.82, 2.24) is 9.78 Å². The first-order valence-corrected chi connectivity index (χ1v) is 7.92. The van der Waals surface area contributed by atoms with Gasteiger partial charge in [-0.3, -0.25) is 0 Å². The second-order valence-corrected chi connectivity index (χ2v) is 5.55. The number of halogens is 1. The largest absolute Gasteiger partial charge is 0.457 e. The molecule has 1 aromatic carbocycles. The molecule has 0 saturated heterocycles. The Kier molecular flexibility index (Phi) is 5.02. The molecule has 3 aromatic rings. The van der Waals surface area contributed by atoms with Crippen molar-refractivity contribution in [2.45, 2.75) is 6.54 Å². The van der Waals surface area contributed by atoms with E-state index in [2.05, 4.69) is 5.10 Å². The minimum absolute atomic E-state index is 0.0570. The molecular formula is C19H14FN5O2. The number of anilines is 1. The normalized spacial score (nSPS) is 11.2. The van der Waals surface area contributed by atoms with E-state index < -0.39 is 0 Å². The van der Waals surface area contributed by atoms with Gasteiger partial charge in [0.15, 0.2) is 0 Å². The van der Waals surface area contributed by atoms with Gasteiger partial charge in [-0.1, -0.05) is 0 Å². The van der Waals surface area contributed by atoms with Gasteiger partial charge in [0.25, 0.3) is 0 Å². The number of hydrogen-bond acceptors (Lipinski definition) is 6. The smallest absolute Gasteiger partial charge is 0.140 e. The number of rotatable bonds is 5. The maximum Gasteiger partial charge on any atom is 0.140 e. The molecule has 0 fully saturated rings. The summed E-state index contributed by atoms with van der Waals surface area (Å²) >= 11 is 0. The Morgan fingerprint density at radius 1 is 1.26 bits per heavy atom. The van der Waals surface area contributed by atoms with E-state index in [-0.39, 0.29) is 41.6 Å². The summed E-state index contributed by atoms with van der Waals surface area (Å²) in [6.07, 6.45) is 1.44. The number of furan rings is 1. The van der Waals surface area contributed by atoms with E-state index in [1.165, 1.54) is 22.9 Å². The Balaban J connectivity index is 1.99. The molecule has 0 unspecified atom stereocenters. The van der Waals surface area contributed by atoms with Crippen LogP contribution >= 0.6 is 0 Å². The number of nitriles is 2. The van der Waals surface area contributed by atoms with Crippen molar-refractivity contribution in [2.75, 3.05) is 12.3 Å².